The summed E-state index contributed by atoms with van der Waals surface area (Å²) in [7, 11) is 3.23. The van der Waals surface area contributed by atoms with Gasteiger partial charge in [0, 0.05) is 45.5 Å². The third kappa shape index (κ3) is 6.47. The van der Waals surface area contributed by atoms with E-state index in [1.54, 1.807) is 14.2 Å². The Hall–Kier alpha value is -5.43. The van der Waals surface area contributed by atoms with Gasteiger partial charge in [-0.2, -0.15) is 5.48 Å². The van der Waals surface area contributed by atoms with Gasteiger partial charge < -0.3 is 39.2 Å². The molecule has 55 heavy (non-hydrogen) atoms. The quantitative estimate of drug-likeness (QED) is 0.110. The maximum absolute atomic E-state index is 13.6. The van der Waals surface area contributed by atoms with Gasteiger partial charge in [0.25, 0.3) is 0 Å². The maximum Gasteiger partial charge on any atom is 0.242 e. The maximum atomic E-state index is 13.6. The van der Waals surface area contributed by atoms with Crippen LogP contribution in [-0.2, 0) is 9.63 Å². The SMILES string of the molecule is CON[C@H](C(=O)N1CCC[C@H]1c1ncc(-c2ccc3c(c2)OCC2=C3C(c3cccc(OC)c3)Oc3cc(-c4cnc([C@@H]5CCCN5)[nH]4)ccc32)[nH]1)C(C)C. The van der Waals surface area contributed by atoms with E-state index in [0.29, 0.717) is 13.2 Å². The summed E-state index contributed by atoms with van der Waals surface area (Å²) >= 11 is 0. The van der Waals surface area contributed by atoms with Crippen molar-refractivity contribution in [3.05, 3.63) is 101 Å². The molecular formula is C43H47N7O5. The summed E-state index contributed by atoms with van der Waals surface area (Å²) in [5, 5.41) is 3.53. The molecule has 1 unspecified atom stereocenters. The number of hydrogen-bond acceptors (Lipinski definition) is 9. The van der Waals surface area contributed by atoms with Gasteiger partial charge in [-0.3, -0.25) is 4.79 Å². The number of rotatable bonds is 10. The molecule has 2 aromatic heterocycles. The molecule has 3 aromatic carbocycles. The highest BCUT2D eigenvalue weighted by molar-refractivity contribution is 6.00. The predicted octanol–water partition coefficient (Wildman–Crippen LogP) is 7.18. The Balaban J connectivity index is 1.04. The first-order valence-electron chi connectivity index (χ1n) is 19.3. The highest BCUT2D eigenvalue weighted by Crippen LogP contribution is 2.52. The molecule has 284 valence electrons. The molecule has 4 N–H and O–H groups in total. The van der Waals surface area contributed by atoms with Gasteiger partial charge >= 0.3 is 0 Å². The zero-order valence-electron chi connectivity index (χ0n) is 31.6. The normalized spacial score (nSPS) is 20.8. The van der Waals surface area contributed by atoms with E-state index < -0.39 is 12.1 Å². The molecule has 0 aliphatic carbocycles. The first-order chi connectivity index (χ1) is 26.9. The van der Waals surface area contributed by atoms with Gasteiger partial charge in [0.1, 0.15) is 41.5 Å². The number of hydroxylamine groups is 1. The summed E-state index contributed by atoms with van der Waals surface area (Å²) in [6.07, 6.45) is 7.36. The van der Waals surface area contributed by atoms with E-state index in [9.17, 15) is 4.79 Å². The number of hydrogen-bond donors (Lipinski definition) is 4. The summed E-state index contributed by atoms with van der Waals surface area (Å²) < 4.78 is 19.2. The Morgan fingerprint density at radius 2 is 1.67 bits per heavy atom. The first kappa shape index (κ1) is 35.3. The van der Waals surface area contributed by atoms with E-state index >= 15 is 0 Å². The Bertz CT molecular complexity index is 2250. The van der Waals surface area contributed by atoms with Crippen LogP contribution < -0.4 is 25.0 Å². The van der Waals surface area contributed by atoms with Crippen molar-refractivity contribution in [3.63, 3.8) is 0 Å². The van der Waals surface area contributed by atoms with Gasteiger partial charge in [0.2, 0.25) is 5.91 Å². The Kier molecular flexibility index (Phi) is 9.41. The van der Waals surface area contributed by atoms with E-state index in [2.05, 4.69) is 63.2 Å². The number of amides is 1. The van der Waals surface area contributed by atoms with Gasteiger partial charge in [-0.15, -0.1) is 0 Å². The molecule has 5 aromatic rings. The van der Waals surface area contributed by atoms with Crippen molar-refractivity contribution in [3.8, 4) is 39.8 Å². The van der Waals surface area contributed by atoms with Gasteiger partial charge in [-0.1, -0.05) is 50.2 Å². The minimum atomic E-state index is -0.431. The minimum absolute atomic E-state index is 0.0222. The van der Waals surface area contributed by atoms with Crippen molar-refractivity contribution in [1.29, 1.82) is 0 Å². The zero-order chi connectivity index (χ0) is 37.6. The fourth-order valence-corrected chi connectivity index (χ4v) is 8.53. The Morgan fingerprint density at radius 1 is 0.909 bits per heavy atom. The average Bonchev–Trinajstić information content (AvgIpc) is 4.06. The molecule has 2 saturated heterocycles. The number of likely N-dealkylation sites (tertiary alicyclic amines) is 1. The van der Waals surface area contributed by atoms with Crippen LogP contribution >= 0.6 is 0 Å². The number of carbonyl (C=O) groups is 1. The molecule has 0 saturated carbocycles. The summed E-state index contributed by atoms with van der Waals surface area (Å²) in [4.78, 5) is 37.3. The van der Waals surface area contributed by atoms with Crippen LogP contribution in [0, 0.1) is 5.92 Å². The number of nitrogens with zero attached hydrogens (tertiary/aromatic N) is 3. The van der Waals surface area contributed by atoms with Gasteiger partial charge in [-0.25, -0.2) is 9.97 Å². The molecule has 0 spiro atoms. The van der Waals surface area contributed by atoms with Crippen LogP contribution in [0.3, 0.4) is 0 Å². The Labute approximate surface area is 320 Å². The van der Waals surface area contributed by atoms with E-state index in [0.717, 1.165) is 111 Å². The van der Waals surface area contributed by atoms with Gasteiger partial charge in [-0.05, 0) is 62.4 Å². The number of carbonyl (C=O) groups excluding carboxylic acids is 1. The van der Waals surface area contributed by atoms with Crippen LogP contribution in [-0.4, -0.2) is 70.7 Å². The number of imidazole rings is 2. The third-order valence-corrected chi connectivity index (χ3v) is 11.4. The van der Waals surface area contributed by atoms with Crippen molar-refractivity contribution in [2.24, 2.45) is 5.92 Å². The van der Waals surface area contributed by atoms with Gasteiger partial charge in [0.15, 0.2) is 6.10 Å². The first-order valence-corrected chi connectivity index (χ1v) is 19.3. The second-order valence-electron chi connectivity index (χ2n) is 15.1. The number of H-pyrrole nitrogens is 2. The molecular weight excluding hydrogens is 695 g/mol. The molecule has 2 fully saturated rings. The molecule has 4 atom stereocenters. The number of fused-ring (bicyclic) bond motifs is 4. The highest BCUT2D eigenvalue weighted by atomic mass is 16.6. The lowest BCUT2D eigenvalue weighted by molar-refractivity contribution is -0.139. The van der Waals surface area contributed by atoms with E-state index in [1.807, 2.05) is 49.3 Å². The summed E-state index contributed by atoms with van der Waals surface area (Å²) in [6, 6.07) is 20.4. The summed E-state index contributed by atoms with van der Waals surface area (Å²) in [6.45, 7) is 6.12. The molecule has 12 heteroatoms. The monoisotopic (exact) mass is 741 g/mol. The molecule has 4 aliphatic rings. The van der Waals surface area contributed by atoms with Gasteiger partial charge in [0.05, 0.1) is 50.1 Å². The van der Waals surface area contributed by atoms with Crippen molar-refractivity contribution in [2.75, 3.05) is 33.9 Å². The molecule has 4 aliphatic heterocycles. The van der Waals surface area contributed by atoms with Crippen LogP contribution in [0.25, 0.3) is 33.7 Å². The predicted molar refractivity (Wildman–Crippen MR) is 209 cm³/mol. The molecule has 0 radical (unpaired) electrons. The molecule has 6 heterocycles. The number of ether oxygens (including phenoxy) is 3. The van der Waals surface area contributed by atoms with Crippen molar-refractivity contribution >= 4 is 17.1 Å². The largest absolute Gasteiger partial charge is 0.497 e. The highest BCUT2D eigenvalue weighted by Gasteiger charge is 2.38. The van der Waals surface area contributed by atoms with Crippen molar-refractivity contribution in [2.45, 2.75) is 63.8 Å². The fourth-order valence-electron chi connectivity index (χ4n) is 8.53. The number of aromatic amines is 2. The summed E-state index contributed by atoms with van der Waals surface area (Å²) in [5.41, 5.74) is 11.8. The van der Waals surface area contributed by atoms with Crippen LogP contribution in [0.1, 0.15) is 86.1 Å². The molecule has 9 rings (SSSR count). The average molecular weight is 742 g/mol. The lowest BCUT2D eigenvalue weighted by Crippen LogP contribution is -2.48. The molecule has 0 bridgehead atoms. The smallest absolute Gasteiger partial charge is 0.242 e. The summed E-state index contributed by atoms with van der Waals surface area (Å²) in [5.74, 6) is 4.19. The van der Waals surface area contributed by atoms with Crippen molar-refractivity contribution in [1.82, 2.24) is 35.6 Å². The lowest BCUT2D eigenvalue weighted by Gasteiger charge is -2.35. The number of methoxy groups -OCH3 is 1. The van der Waals surface area contributed by atoms with Crippen LogP contribution in [0.15, 0.2) is 73.1 Å². The molecule has 12 nitrogen and oxygen atoms in total. The fraction of sp³-hybridized carbons (Fsp3) is 0.372. The topological polar surface area (TPSA) is 139 Å². The number of aromatic nitrogens is 4. The minimum Gasteiger partial charge on any atom is -0.497 e. The van der Waals surface area contributed by atoms with Crippen LogP contribution in [0.4, 0.5) is 0 Å². The number of benzene rings is 3. The molecule has 1 amide bonds. The second-order valence-corrected chi connectivity index (χ2v) is 15.1. The number of nitrogens with one attached hydrogen (secondary N) is 4. The van der Waals surface area contributed by atoms with Crippen LogP contribution in [0.5, 0.6) is 17.2 Å². The standard InChI is InChI=1S/C43H47N7O5/c1-24(2)39(49-53-4)43(51)50-17-7-11-35(50)42-46-22-34(48-42)25-13-15-30-36(19-25)54-23-31-29-14-12-26(33-21-45-41(47-33)32-10-6-16-44-32)20-37(29)55-40(38(30)31)27-8-5-9-28(18-27)52-3/h5,8-9,12-15,18-22,24,32,35,39-40,44,49H,6-7,10-11,16-17,23H2,1-4H3,(H,45,47)(H,46,48)/t32-,35-,39-,40?/m0/s1. The Morgan fingerprint density at radius 3 is 2.42 bits per heavy atom. The van der Waals surface area contributed by atoms with Crippen molar-refractivity contribution < 1.29 is 23.8 Å². The van der Waals surface area contributed by atoms with Crippen LogP contribution in [0.2, 0.25) is 0 Å². The second kappa shape index (κ2) is 14.7. The third-order valence-electron chi connectivity index (χ3n) is 11.4. The lowest BCUT2D eigenvalue weighted by atomic mass is 9.83. The zero-order valence-corrected chi connectivity index (χ0v) is 31.6. The van der Waals surface area contributed by atoms with E-state index in [-0.39, 0.29) is 23.9 Å². The van der Waals surface area contributed by atoms with E-state index in [4.69, 9.17) is 29.0 Å². The van der Waals surface area contributed by atoms with E-state index in [1.165, 1.54) is 0 Å².